The zero-order chi connectivity index (χ0) is 17.9. The van der Waals surface area contributed by atoms with Crippen LogP contribution < -0.4 is 15.4 Å². The van der Waals surface area contributed by atoms with E-state index in [1.54, 1.807) is 7.11 Å². The van der Waals surface area contributed by atoms with Crippen LogP contribution in [-0.2, 0) is 6.42 Å². The molecule has 0 radical (unpaired) electrons. The van der Waals surface area contributed by atoms with E-state index >= 15 is 0 Å². The zero-order valence-electron chi connectivity index (χ0n) is 16.5. The van der Waals surface area contributed by atoms with Crippen molar-refractivity contribution in [2.75, 3.05) is 46.9 Å². The summed E-state index contributed by atoms with van der Waals surface area (Å²) in [5.41, 5.74) is 1.21. The average Bonchev–Trinajstić information content (AvgIpc) is 2.65. The van der Waals surface area contributed by atoms with Gasteiger partial charge in [0.25, 0.3) is 0 Å². The number of methoxy groups -OCH3 is 1. The lowest BCUT2D eigenvalue weighted by atomic mass is 10.1. The maximum Gasteiger partial charge on any atom is 0.190 e. The number of nitrogens with zero attached hydrogens (tertiary/aromatic N) is 2. The van der Waals surface area contributed by atoms with Gasteiger partial charge in [-0.15, -0.1) is 24.0 Å². The number of para-hydroxylation sites is 1. The number of aliphatic imine (C=N–C) groups is 1. The first-order valence-corrected chi connectivity index (χ1v) is 9.51. The summed E-state index contributed by atoms with van der Waals surface area (Å²) >= 11 is 0. The molecule has 26 heavy (non-hydrogen) atoms. The van der Waals surface area contributed by atoms with Gasteiger partial charge in [0.15, 0.2) is 5.96 Å². The molecule has 1 aromatic rings. The van der Waals surface area contributed by atoms with Gasteiger partial charge in [-0.3, -0.25) is 4.99 Å². The molecule has 1 unspecified atom stereocenters. The number of nitrogens with one attached hydrogen (secondary N) is 2. The molecule has 0 saturated carbocycles. The standard InChI is InChI=1S/C20H34N4O.HI/c1-17(16-24-13-7-4-8-14-24)15-23-20(21-2)22-12-11-18-9-5-6-10-19(18)25-3;/h5-6,9-10,17H,4,7-8,11-16H2,1-3H3,(H2,21,22,23);1H. The van der Waals surface area contributed by atoms with E-state index in [0.29, 0.717) is 5.92 Å². The highest BCUT2D eigenvalue weighted by atomic mass is 127. The minimum atomic E-state index is 0. The summed E-state index contributed by atoms with van der Waals surface area (Å²) in [5, 5.41) is 6.85. The first-order valence-electron chi connectivity index (χ1n) is 9.51. The van der Waals surface area contributed by atoms with Crippen molar-refractivity contribution in [2.45, 2.75) is 32.6 Å². The van der Waals surface area contributed by atoms with Gasteiger partial charge in [-0.05, 0) is 49.9 Å². The van der Waals surface area contributed by atoms with Crippen LogP contribution >= 0.6 is 24.0 Å². The fourth-order valence-corrected chi connectivity index (χ4v) is 3.36. The summed E-state index contributed by atoms with van der Waals surface area (Å²) in [7, 11) is 3.55. The average molecular weight is 474 g/mol. The molecule has 1 atom stereocenters. The van der Waals surface area contributed by atoms with Crippen molar-refractivity contribution in [1.29, 1.82) is 0 Å². The lowest BCUT2D eigenvalue weighted by Gasteiger charge is -2.29. The van der Waals surface area contributed by atoms with Crippen LogP contribution in [0.15, 0.2) is 29.3 Å². The predicted octanol–water partition coefficient (Wildman–Crippen LogP) is 3.14. The van der Waals surface area contributed by atoms with Gasteiger partial charge < -0.3 is 20.3 Å². The fourth-order valence-electron chi connectivity index (χ4n) is 3.36. The summed E-state index contributed by atoms with van der Waals surface area (Å²) in [5.74, 6) is 2.44. The molecule has 0 aliphatic carbocycles. The number of halogens is 1. The van der Waals surface area contributed by atoms with E-state index in [9.17, 15) is 0 Å². The summed E-state index contributed by atoms with van der Waals surface area (Å²) in [6.07, 6.45) is 5.01. The first-order chi connectivity index (χ1) is 12.2. The van der Waals surface area contributed by atoms with Crippen LogP contribution in [0, 0.1) is 5.92 Å². The highest BCUT2D eigenvalue weighted by Crippen LogP contribution is 2.17. The Kier molecular flexibility index (Phi) is 11.7. The molecule has 6 heteroatoms. The van der Waals surface area contributed by atoms with Gasteiger partial charge in [0.1, 0.15) is 5.75 Å². The summed E-state index contributed by atoms with van der Waals surface area (Å²) in [6, 6.07) is 8.16. The van der Waals surface area contributed by atoms with Gasteiger partial charge in [-0.25, -0.2) is 0 Å². The molecule has 1 aliphatic rings. The molecule has 1 saturated heterocycles. The Balaban J connectivity index is 0.00000338. The number of guanidine groups is 1. The molecule has 1 fully saturated rings. The number of hydrogen-bond donors (Lipinski definition) is 2. The largest absolute Gasteiger partial charge is 0.496 e. The molecule has 148 valence electrons. The number of likely N-dealkylation sites (tertiary alicyclic amines) is 1. The topological polar surface area (TPSA) is 48.9 Å². The van der Waals surface area contributed by atoms with Crippen molar-refractivity contribution in [3.8, 4) is 5.75 Å². The number of piperidine rings is 1. The van der Waals surface area contributed by atoms with Crippen LogP contribution in [0.2, 0.25) is 0 Å². The minimum Gasteiger partial charge on any atom is -0.496 e. The lowest BCUT2D eigenvalue weighted by molar-refractivity contribution is 0.201. The van der Waals surface area contributed by atoms with E-state index in [2.05, 4.69) is 33.5 Å². The monoisotopic (exact) mass is 474 g/mol. The predicted molar refractivity (Wildman–Crippen MR) is 121 cm³/mol. The highest BCUT2D eigenvalue weighted by molar-refractivity contribution is 14.0. The third-order valence-electron chi connectivity index (χ3n) is 4.74. The van der Waals surface area contributed by atoms with E-state index in [1.807, 2.05) is 25.2 Å². The molecule has 1 aromatic carbocycles. The second-order valence-electron chi connectivity index (χ2n) is 6.91. The molecule has 0 amide bonds. The van der Waals surface area contributed by atoms with E-state index in [-0.39, 0.29) is 24.0 Å². The van der Waals surface area contributed by atoms with Crippen LogP contribution in [0.4, 0.5) is 0 Å². The Morgan fingerprint density at radius 3 is 2.62 bits per heavy atom. The van der Waals surface area contributed by atoms with E-state index in [0.717, 1.165) is 31.2 Å². The van der Waals surface area contributed by atoms with Crippen LogP contribution in [0.25, 0.3) is 0 Å². The van der Waals surface area contributed by atoms with Crippen molar-refractivity contribution >= 4 is 29.9 Å². The summed E-state index contributed by atoms with van der Waals surface area (Å²) in [6.45, 7) is 7.78. The van der Waals surface area contributed by atoms with Crippen LogP contribution in [-0.4, -0.2) is 57.7 Å². The number of ether oxygens (including phenoxy) is 1. The van der Waals surface area contributed by atoms with E-state index < -0.39 is 0 Å². The molecule has 1 heterocycles. The first kappa shape index (κ1) is 23.0. The third-order valence-corrected chi connectivity index (χ3v) is 4.74. The summed E-state index contributed by atoms with van der Waals surface area (Å²) < 4.78 is 5.40. The normalized spacial score (nSPS) is 16.5. The van der Waals surface area contributed by atoms with Gasteiger partial charge in [0.2, 0.25) is 0 Å². The smallest absolute Gasteiger partial charge is 0.190 e. The molecule has 0 spiro atoms. The van der Waals surface area contributed by atoms with Crippen molar-refractivity contribution in [3.63, 3.8) is 0 Å². The number of hydrogen-bond acceptors (Lipinski definition) is 3. The van der Waals surface area contributed by atoms with E-state index in [4.69, 9.17) is 4.74 Å². The highest BCUT2D eigenvalue weighted by Gasteiger charge is 2.13. The third kappa shape index (κ3) is 8.12. The quantitative estimate of drug-likeness (QED) is 0.346. The second-order valence-corrected chi connectivity index (χ2v) is 6.91. The Labute approximate surface area is 176 Å². The molecular formula is C20H35IN4O. The maximum atomic E-state index is 5.40. The Morgan fingerprint density at radius 2 is 1.92 bits per heavy atom. The molecule has 1 aliphatic heterocycles. The second kappa shape index (κ2) is 13.2. The van der Waals surface area contributed by atoms with Gasteiger partial charge in [0.05, 0.1) is 7.11 Å². The van der Waals surface area contributed by atoms with Crippen LogP contribution in [0.5, 0.6) is 5.75 Å². The van der Waals surface area contributed by atoms with Gasteiger partial charge in [-0.1, -0.05) is 31.5 Å². The molecule has 2 rings (SSSR count). The maximum absolute atomic E-state index is 5.40. The van der Waals surface area contributed by atoms with Gasteiger partial charge in [-0.2, -0.15) is 0 Å². The Bertz CT molecular complexity index is 532. The lowest BCUT2D eigenvalue weighted by Crippen LogP contribution is -2.43. The zero-order valence-corrected chi connectivity index (χ0v) is 18.8. The van der Waals surface area contributed by atoms with Gasteiger partial charge in [0, 0.05) is 26.7 Å². The van der Waals surface area contributed by atoms with Crippen molar-refractivity contribution in [1.82, 2.24) is 15.5 Å². The van der Waals surface area contributed by atoms with Crippen LogP contribution in [0.1, 0.15) is 31.7 Å². The van der Waals surface area contributed by atoms with Crippen molar-refractivity contribution in [3.05, 3.63) is 29.8 Å². The molecule has 0 aromatic heterocycles. The fraction of sp³-hybridized carbons (Fsp3) is 0.650. The van der Waals surface area contributed by atoms with E-state index in [1.165, 1.54) is 44.5 Å². The van der Waals surface area contributed by atoms with Gasteiger partial charge >= 0.3 is 0 Å². The Hall–Kier alpha value is -1.02. The van der Waals surface area contributed by atoms with Crippen molar-refractivity contribution in [2.24, 2.45) is 10.9 Å². The number of rotatable bonds is 8. The van der Waals surface area contributed by atoms with Crippen molar-refractivity contribution < 1.29 is 4.74 Å². The molecule has 0 bridgehead atoms. The molecule has 2 N–H and O–H groups in total. The summed E-state index contributed by atoms with van der Waals surface area (Å²) in [4.78, 5) is 6.92. The SMILES string of the molecule is CN=C(NCCc1ccccc1OC)NCC(C)CN1CCCCC1.I. The van der Waals surface area contributed by atoms with Crippen LogP contribution in [0.3, 0.4) is 0 Å². The molecular weight excluding hydrogens is 439 g/mol. The Morgan fingerprint density at radius 1 is 1.19 bits per heavy atom. The minimum absolute atomic E-state index is 0. The number of benzene rings is 1. The molecule has 5 nitrogen and oxygen atoms in total.